The molecule has 0 N–H and O–H groups in total. The number of nitrogens with zero attached hydrogens (tertiary/aromatic N) is 2. The van der Waals surface area contributed by atoms with Gasteiger partial charge in [-0.05, 0) is 31.9 Å². The summed E-state index contributed by atoms with van der Waals surface area (Å²) in [6, 6.07) is 8.40. The van der Waals surface area contributed by atoms with E-state index in [1.54, 1.807) is 0 Å². The van der Waals surface area contributed by atoms with E-state index in [4.69, 9.17) is 4.74 Å². The number of carbonyl (C=O) groups is 1. The predicted octanol–water partition coefficient (Wildman–Crippen LogP) is 2.05. The lowest BCUT2D eigenvalue weighted by Crippen LogP contribution is -2.48. The largest absolute Gasteiger partial charge is 0.493 e. The average molecular weight is 288 g/mol. The minimum Gasteiger partial charge on any atom is -0.493 e. The van der Waals surface area contributed by atoms with Gasteiger partial charge in [0.05, 0.1) is 18.7 Å². The zero-order valence-electron chi connectivity index (χ0n) is 12.8. The van der Waals surface area contributed by atoms with Crippen LogP contribution in [0.4, 0.5) is 0 Å². The standard InChI is InChI=1S/C17H24N2O2/c1-2-21-17-6-4-3-5-15(17)16(20)13-18-9-11-19(12-10-18)14-7-8-14/h3-6,14H,2,7-13H2,1H3. The molecule has 1 aliphatic heterocycles. The van der Waals surface area contributed by atoms with E-state index in [1.807, 2.05) is 31.2 Å². The molecule has 1 aromatic carbocycles. The lowest BCUT2D eigenvalue weighted by Gasteiger charge is -2.34. The van der Waals surface area contributed by atoms with Crippen molar-refractivity contribution in [3.05, 3.63) is 29.8 Å². The van der Waals surface area contributed by atoms with Crippen molar-refractivity contribution >= 4 is 5.78 Å². The van der Waals surface area contributed by atoms with Gasteiger partial charge in [0.2, 0.25) is 0 Å². The SMILES string of the molecule is CCOc1ccccc1C(=O)CN1CCN(C2CC2)CC1. The number of ether oxygens (including phenoxy) is 1. The molecule has 0 radical (unpaired) electrons. The van der Waals surface area contributed by atoms with Gasteiger partial charge in [-0.1, -0.05) is 12.1 Å². The summed E-state index contributed by atoms with van der Waals surface area (Å²) in [4.78, 5) is 17.3. The number of ketones is 1. The van der Waals surface area contributed by atoms with E-state index >= 15 is 0 Å². The van der Waals surface area contributed by atoms with Crippen molar-refractivity contribution < 1.29 is 9.53 Å². The molecule has 0 amide bonds. The summed E-state index contributed by atoms with van der Waals surface area (Å²) in [5.41, 5.74) is 0.712. The molecule has 21 heavy (non-hydrogen) atoms. The molecule has 4 nitrogen and oxygen atoms in total. The van der Waals surface area contributed by atoms with Crippen LogP contribution in [0.5, 0.6) is 5.75 Å². The maximum Gasteiger partial charge on any atom is 0.180 e. The fraction of sp³-hybridized carbons (Fsp3) is 0.588. The van der Waals surface area contributed by atoms with Crippen molar-refractivity contribution in [3.8, 4) is 5.75 Å². The highest BCUT2D eigenvalue weighted by atomic mass is 16.5. The van der Waals surface area contributed by atoms with Crippen molar-refractivity contribution in [2.45, 2.75) is 25.8 Å². The van der Waals surface area contributed by atoms with Crippen LogP contribution in [0.15, 0.2) is 24.3 Å². The van der Waals surface area contributed by atoms with Crippen LogP contribution in [0.2, 0.25) is 0 Å². The summed E-state index contributed by atoms with van der Waals surface area (Å²) in [5, 5.41) is 0. The third-order valence-electron chi connectivity index (χ3n) is 4.32. The molecule has 0 spiro atoms. The average Bonchev–Trinajstić information content (AvgIpc) is 3.34. The molecule has 1 aromatic rings. The van der Waals surface area contributed by atoms with Crippen LogP contribution in [0.3, 0.4) is 0 Å². The van der Waals surface area contributed by atoms with E-state index in [2.05, 4.69) is 9.80 Å². The first kappa shape index (κ1) is 14.5. The molecule has 1 saturated carbocycles. The maximum atomic E-state index is 12.5. The van der Waals surface area contributed by atoms with E-state index in [0.29, 0.717) is 24.5 Å². The Morgan fingerprint density at radius 2 is 1.90 bits per heavy atom. The third-order valence-corrected chi connectivity index (χ3v) is 4.32. The lowest BCUT2D eigenvalue weighted by atomic mass is 10.1. The monoisotopic (exact) mass is 288 g/mol. The van der Waals surface area contributed by atoms with Crippen molar-refractivity contribution in [1.82, 2.24) is 9.80 Å². The Kier molecular flexibility index (Phi) is 4.56. The summed E-state index contributed by atoms with van der Waals surface area (Å²) < 4.78 is 5.56. The Morgan fingerprint density at radius 3 is 2.57 bits per heavy atom. The van der Waals surface area contributed by atoms with E-state index in [1.165, 1.54) is 12.8 Å². The number of hydrogen-bond donors (Lipinski definition) is 0. The van der Waals surface area contributed by atoms with Gasteiger partial charge in [-0.3, -0.25) is 14.6 Å². The predicted molar refractivity (Wildman–Crippen MR) is 83.0 cm³/mol. The Morgan fingerprint density at radius 1 is 1.19 bits per heavy atom. The molecule has 0 bridgehead atoms. The molecule has 114 valence electrons. The van der Waals surface area contributed by atoms with Crippen molar-refractivity contribution in [1.29, 1.82) is 0 Å². The summed E-state index contributed by atoms with van der Waals surface area (Å²) in [5.74, 6) is 0.875. The first-order valence-corrected chi connectivity index (χ1v) is 7.99. The summed E-state index contributed by atoms with van der Waals surface area (Å²) >= 11 is 0. The molecule has 0 atom stereocenters. The number of benzene rings is 1. The quantitative estimate of drug-likeness (QED) is 0.750. The van der Waals surface area contributed by atoms with E-state index in [9.17, 15) is 4.79 Å². The van der Waals surface area contributed by atoms with Crippen LogP contribution < -0.4 is 4.74 Å². The zero-order chi connectivity index (χ0) is 14.7. The second-order valence-corrected chi connectivity index (χ2v) is 5.90. The second-order valence-electron chi connectivity index (χ2n) is 5.90. The van der Waals surface area contributed by atoms with Crippen LogP contribution in [-0.2, 0) is 0 Å². The fourth-order valence-corrected chi connectivity index (χ4v) is 2.99. The van der Waals surface area contributed by atoms with Gasteiger partial charge in [0.25, 0.3) is 0 Å². The van der Waals surface area contributed by atoms with Crippen molar-refractivity contribution in [2.75, 3.05) is 39.3 Å². The Bertz CT molecular complexity index is 491. The number of hydrogen-bond acceptors (Lipinski definition) is 4. The van der Waals surface area contributed by atoms with Crippen molar-refractivity contribution in [2.24, 2.45) is 0 Å². The molecular formula is C17H24N2O2. The molecule has 2 aliphatic rings. The topological polar surface area (TPSA) is 32.8 Å². The van der Waals surface area contributed by atoms with Gasteiger partial charge in [-0.15, -0.1) is 0 Å². The van der Waals surface area contributed by atoms with Gasteiger partial charge in [-0.2, -0.15) is 0 Å². The first-order valence-electron chi connectivity index (χ1n) is 7.99. The van der Waals surface area contributed by atoms with E-state index in [0.717, 1.165) is 32.2 Å². The zero-order valence-corrected chi connectivity index (χ0v) is 12.8. The molecule has 3 rings (SSSR count). The number of carbonyl (C=O) groups excluding carboxylic acids is 1. The summed E-state index contributed by atoms with van der Waals surface area (Å²) in [6.45, 7) is 7.24. The summed E-state index contributed by atoms with van der Waals surface area (Å²) in [6.07, 6.45) is 2.72. The molecule has 2 fully saturated rings. The van der Waals surface area contributed by atoms with Crippen LogP contribution in [-0.4, -0.2) is 61.0 Å². The van der Waals surface area contributed by atoms with E-state index < -0.39 is 0 Å². The van der Waals surface area contributed by atoms with Gasteiger partial charge < -0.3 is 4.74 Å². The molecular weight excluding hydrogens is 264 g/mol. The normalized spacial score (nSPS) is 20.4. The minimum absolute atomic E-state index is 0.166. The molecule has 4 heteroatoms. The van der Waals surface area contributed by atoms with Crippen molar-refractivity contribution in [3.63, 3.8) is 0 Å². The number of Topliss-reactive ketones (excluding diaryl/α,β-unsaturated/α-hetero) is 1. The number of piperazine rings is 1. The molecule has 0 unspecified atom stereocenters. The molecule has 1 saturated heterocycles. The molecule has 1 heterocycles. The van der Waals surface area contributed by atoms with Crippen LogP contribution in [0.25, 0.3) is 0 Å². The molecule has 1 aliphatic carbocycles. The lowest BCUT2D eigenvalue weighted by molar-refractivity contribution is 0.0840. The van der Waals surface area contributed by atoms with Gasteiger partial charge in [0, 0.05) is 32.2 Å². The first-order chi connectivity index (χ1) is 10.3. The Labute approximate surface area is 126 Å². The van der Waals surface area contributed by atoms with Gasteiger partial charge >= 0.3 is 0 Å². The minimum atomic E-state index is 0.166. The van der Waals surface area contributed by atoms with Gasteiger partial charge in [0.1, 0.15) is 5.75 Å². The fourth-order valence-electron chi connectivity index (χ4n) is 2.99. The van der Waals surface area contributed by atoms with Crippen LogP contribution in [0, 0.1) is 0 Å². The highest BCUT2D eigenvalue weighted by Gasteiger charge is 2.31. The highest BCUT2D eigenvalue weighted by Crippen LogP contribution is 2.27. The maximum absolute atomic E-state index is 12.5. The second kappa shape index (κ2) is 6.58. The highest BCUT2D eigenvalue weighted by molar-refractivity contribution is 6.00. The smallest absolute Gasteiger partial charge is 0.180 e. The van der Waals surface area contributed by atoms with Crippen LogP contribution >= 0.6 is 0 Å². The van der Waals surface area contributed by atoms with E-state index in [-0.39, 0.29) is 5.78 Å². The van der Waals surface area contributed by atoms with Gasteiger partial charge in [-0.25, -0.2) is 0 Å². The van der Waals surface area contributed by atoms with Gasteiger partial charge in [0.15, 0.2) is 5.78 Å². The Hall–Kier alpha value is -1.39. The number of para-hydroxylation sites is 1. The summed E-state index contributed by atoms with van der Waals surface area (Å²) in [7, 11) is 0. The molecule has 0 aromatic heterocycles. The Balaban J connectivity index is 1.56. The van der Waals surface area contributed by atoms with Crippen LogP contribution in [0.1, 0.15) is 30.1 Å². The third kappa shape index (κ3) is 3.63. The number of rotatable bonds is 6.